The van der Waals surface area contributed by atoms with Gasteiger partial charge in [0.25, 0.3) is 0 Å². The number of hydrogen-bond donors (Lipinski definition) is 2. The van der Waals surface area contributed by atoms with Crippen LogP contribution in [0.3, 0.4) is 0 Å². The summed E-state index contributed by atoms with van der Waals surface area (Å²) in [6, 6.07) is 3.78. The summed E-state index contributed by atoms with van der Waals surface area (Å²) in [6.45, 7) is 8.58. The lowest BCUT2D eigenvalue weighted by Gasteiger charge is -2.32. The molecule has 0 unspecified atom stereocenters. The van der Waals surface area contributed by atoms with Crippen molar-refractivity contribution in [2.75, 3.05) is 18.5 Å². The van der Waals surface area contributed by atoms with Crippen molar-refractivity contribution in [1.82, 2.24) is 4.98 Å². The SMILES string of the molecule is CC1(C)OB(c2cccnc2NCCO)OC1(C)C. The van der Waals surface area contributed by atoms with Gasteiger partial charge in [0, 0.05) is 18.2 Å². The summed E-state index contributed by atoms with van der Waals surface area (Å²) in [4.78, 5) is 4.27. The molecule has 1 saturated heterocycles. The van der Waals surface area contributed by atoms with Crippen LogP contribution in [0.15, 0.2) is 18.3 Å². The lowest BCUT2D eigenvalue weighted by molar-refractivity contribution is 0.00578. The second-order valence-electron chi connectivity index (χ2n) is 5.68. The summed E-state index contributed by atoms with van der Waals surface area (Å²) in [5.74, 6) is 0.690. The maximum absolute atomic E-state index is 8.90. The van der Waals surface area contributed by atoms with Gasteiger partial charge in [0.15, 0.2) is 0 Å². The topological polar surface area (TPSA) is 63.6 Å². The number of pyridine rings is 1. The number of aliphatic hydroxyl groups excluding tert-OH is 1. The number of anilines is 1. The quantitative estimate of drug-likeness (QED) is 0.787. The van der Waals surface area contributed by atoms with Gasteiger partial charge in [0.1, 0.15) is 5.82 Å². The summed E-state index contributed by atoms with van der Waals surface area (Å²) in [5, 5.41) is 12.0. The molecule has 0 atom stereocenters. The summed E-state index contributed by atoms with van der Waals surface area (Å²) < 4.78 is 12.0. The van der Waals surface area contributed by atoms with E-state index in [1.165, 1.54) is 0 Å². The first-order valence-corrected chi connectivity index (χ1v) is 6.53. The minimum atomic E-state index is -0.445. The van der Waals surface area contributed by atoms with Crippen molar-refractivity contribution in [2.24, 2.45) is 0 Å². The van der Waals surface area contributed by atoms with Gasteiger partial charge >= 0.3 is 7.12 Å². The molecule has 0 bridgehead atoms. The summed E-state index contributed by atoms with van der Waals surface area (Å²) in [6.07, 6.45) is 1.70. The van der Waals surface area contributed by atoms with E-state index in [-0.39, 0.29) is 17.8 Å². The van der Waals surface area contributed by atoms with Crippen LogP contribution >= 0.6 is 0 Å². The van der Waals surface area contributed by atoms with Crippen LogP contribution in [0.5, 0.6) is 0 Å². The average molecular weight is 264 g/mol. The van der Waals surface area contributed by atoms with Gasteiger partial charge in [-0.05, 0) is 33.8 Å². The van der Waals surface area contributed by atoms with Crippen molar-refractivity contribution in [3.05, 3.63) is 18.3 Å². The van der Waals surface area contributed by atoms with Crippen LogP contribution in [-0.4, -0.2) is 41.6 Å². The molecule has 1 aromatic rings. The van der Waals surface area contributed by atoms with Crippen LogP contribution in [0.25, 0.3) is 0 Å². The van der Waals surface area contributed by atoms with Crippen LogP contribution in [0.1, 0.15) is 27.7 Å². The molecule has 1 fully saturated rings. The first-order valence-electron chi connectivity index (χ1n) is 6.53. The van der Waals surface area contributed by atoms with E-state index in [4.69, 9.17) is 14.4 Å². The fourth-order valence-corrected chi connectivity index (χ4v) is 1.90. The highest BCUT2D eigenvalue weighted by Crippen LogP contribution is 2.36. The third-order valence-corrected chi connectivity index (χ3v) is 3.75. The number of nitrogens with one attached hydrogen (secondary N) is 1. The fraction of sp³-hybridized carbons (Fsp3) is 0.615. The molecule has 2 rings (SSSR count). The molecular weight excluding hydrogens is 243 g/mol. The summed E-state index contributed by atoms with van der Waals surface area (Å²) in [5.41, 5.74) is 0.110. The maximum atomic E-state index is 8.90. The Balaban J connectivity index is 2.24. The zero-order valence-electron chi connectivity index (χ0n) is 11.9. The van der Waals surface area contributed by atoms with Gasteiger partial charge in [0.2, 0.25) is 0 Å². The normalized spacial score (nSPS) is 20.6. The highest BCUT2D eigenvalue weighted by atomic mass is 16.7. The smallest absolute Gasteiger partial charge is 0.399 e. The molecule has 0 spiro atoms. The van der Waals surface area contributed by atoms with Gasteiger partial charge < -0.3 is 19.7 Å². The van der Waals surface area contributed by atoms with Gasteiger partial charge in [-0.2, -0.15) is 0 Å². The number of rotatable bonds is 4. The van der Waals surface area contributed by atoms with Crippen molar-refractivity contribution in [1.29, 1.82) is 0 Å². The molecule has 2 heterocycles. The number of aliphatic hydroxyl groups is 1. The van der Waals surface area contributed by atoms with E-state index in [0.717, 1.165) is 5.46 Å². The van der Waals surface area contributed by atoms with Crippen LogP contribution in [0, 0.1) is 0 Å². The summed E-state index contributed by atoms with van der Waals surface area (Å²) in [7, 11) is -0.445. The third kappa shape index (κ3) is 2.75. The van der Waals surface area contributed by atoms with E-state index < -0.39 is 7.12 Å². The van der Waals surface area contributed by atoms with E-state index in [1.807, 2.05) is 39.8 Å². The Labute approximate surface area is 114 Å². The first kappa shape index (κ1) is 14.3. The van der Waals surface area contributed by atoms with E-state index in [9.17, 15) is 0 Å². The Hall–Kier alpha value is -1.11. The molecule has 19 heavy (non-hydrogen) atoms. The molecule has 2 N–H and O–H groups in total. The zero-order valence-corrected chi connectivity index (χ0v) is 11.9. The largest absolute Gasteiger partial charge is 0.498 e. The molecule has 0 radical (unpaired) electrons. The van der Waals surface area contributed by atoms with Crippen LogP contribution in [0.2, 0.25) is 0 Å². The molecule has 1 aliphatic heterocycles. The van der Waals surface area contributed by atoms with Gasteiger partial charge in [0.05, 0.1) is 17.8 Å². The zero-order chi connectivity index (χ0) is 14.1. The second kappa shape index (κ2) is 5.11. The molecular formula is C13H21BN2O3. The Morgan fingerprint density at radius 2 is 1.89 bits per heavy atom. The van der Waals surface area contributed by atoms with Crippen molar-refractivity contribution in [2.45, 2.75) is 38.9 Å². The van der Waals surface area contributed by atoms with Crippen molar-refractivity contribution in [3.63, 3.8) is 0 Å². The molecule has 0 aromatic carbocycles. The minimum absolute atomic E-state index is 0.0549. The molecule has 0 aliphatic carbocycles. The predicted molar refractivity (Wildman–Crippen MR) is 75.5 cm³/mol. The van der Waals surface area contributed by atoms with E-state index in [1.54, 1.807) is 6.20 Å². The second-order valence-corrected chi connectivity index (χ2v) is 5.68. The lowest BCUT2D eigenvalue weighted by atomic mass is 9.79. The summed E-state index contributed by atoms with van der Waals surface area (Å²) >= 11 is 0. The molecule has 1 aliphatic rings. The van der Waals surface area contributed by atoms with Crippen molar-refractivity contribution in [3.8, 4) is 0 Å². The first-order chi connectivity index (χ1) is 8.87. The number of hydrogen-bond acceptors (Lipinski definition) is 5. The van der Waals surface area contributed by atoms with E-state index in [2.05, 4.69) is 10.3 Å². The van der Waals surface area contributed by atoms with E-state index in [0.29, 0.717) is 12.4 Å². The van der Waals surface area contributed by atoms with Crippen LogP contribution in [0.4, 0.5) is 5.82 Å². The Kier molecular flexibility index (Phi) is 3.85. The Bertz CT molecular complexity index is 435. The van der Waals surface area contributed by atoms with Gasteiger partial charge in [-0.1, -0.05) is 6.07 Å². The van der Waals surface area contributed by atoms with Crippen molar-refractivity contribution >= 4 is 18.4 Å². The molecule has 6 heteroatoms. The lowest BCUT2D eigenvalue weighted by Crippen LogP contribution is -2.41. The van der Waals surface area contributed by atoms with Crippen molar-refractivity contribution < 1.29 is 14.4 Å². The monoisotopic (exact) mass is 264 g/mol. The molecule has 0 saturated carbocycles. The van der Waals surface area contributed by atoms with Gasteiger partial charge in [-0.3, -0.25) is 0 Å². The van der Waals surface area contributed by atoms with Gasteiger partial charge in [-0.15, -0.1) is 0 Å². The molecule has 5 nitrogen and oxygen atoms in total. The maximum Gasteiger partial charge on any atom is 0.498 e. The minimum Gasteiger partial charge on any atom is -0.399 e. The fourth-order valence-electron chi connectivity index (χ4n) is 1.90. The third-order valence-electron chi connectivity index (χ3n) is 3.75. The Morgan fingerprint density at radius 3 is 2.47 bits per heavy atom. The molecule has 0 amide bonds. The Morgan fingerprint density at radius 1 is 1.26 bits per heavy atom. The van der Waals surface area contributed by atoms with E-state index >= 15 is 0 Å². The van der Waals surface area contributed by atoms with Crippen LogP contribution < -0.4 is 10.8 Å². The number of nitrogens with zero attached hydrogens (tertiary/aromatic N) is 1. The molecule has 1 aromatic heterocycles. The van der Waals surface area contributed by atoms with Crippen LogP contribution in [-0.2, 0) is 9.31 Å². The highest BCUT2D eigenvalue weighted by molar-refractivity contribution is 6.63. The average Bonchev–Trinajstić information content (AvgIpc) is 2.56. The molecule has 104 valence electrons. The van der Waals surface area contributed by atoms with Gasteiger partial charge in [-0.25, -0.2) is 4.98 Å². The highest BCUT2D eigenvalue weighted by Gasteiger charge is 2.52. The standard InChI is InChI=1S/C13H21BN2O3/c1-12(2)13(3,4)19-14(18-12)10-6-5-7-15-11(10)16-8-9-17/h5-7,17H,8-9H2,1-4H3,(H,15,16). The number of aromatic nitrogens is 1. The predicted octanol–water partition coefficient (Wildman–Crippen LogP) is 0.785.